The van der Waals surface area contributed by atoms with E-state index in [-0.39, 0.29) is 0 Å². The zero-order valence-electron chi connectivity index (χ0n) is 15.5. The number of ether oxygens (including phenoxy) is 1. The number of piperidine rings is 1. The Kier molecular flexibility index (Phi) is 4.84. The average molecular weight is 380 g/mol. The lowest BCUT2D eigenvalue weighted by molar-refractivity contribution is 0.243. The molecule has 0 aliphatic carbocycles. The second-order valence-electron chi connectivity index (χ2n) is 6.89. The molecule has 144 valence electrons. The Hall–Kier alpha value is -3.18. The van der Waals surface area contributed by atoms with E-state index in [4.69, 9.17) is 22.0 Å². The third-order valence-corrected chi connectivity index (χ3v) is 5.05. The summed E-state index contributed by atoms with van der Waals surface area (Å²) in [4.78, 5) is 14.6. The minimum Gasteiger partial charge on any atom is -0.497 e. The lowest BCUT2D eigenvalue weighted by atomic mass is 10.1. The quantitative estimate of drug-likeness (QED) is 0.705. The molecule has 1 aliphatic heterocycles. The number of nitrogens with zero attached hydrogens (tertiary/aromatic N) is 5. The summed E-state index contributed by atoms with van der Waals surface area (Å²) in [6.07, 6.45) is 0.956. The Morgan fingerprint density at radius 2 is 2.21 bits per heavy atom. The minimum atomic E-state index is -0.989. The molecule has 1 fully saturated rings. The number of rotatable bonds is 4. The van der Waals surface area contributed by atoms with Crippen LogP contribution in [0.4, 0.5) is 16.0 Å². The van der Waals surface area contributed by atoms with Gasteiger partial charge in [0.2, 0.25) is 11.6 Å². The van der Waals surface area contributed by atoms with E-state index in [1.807, 2.05) is 29.2 Å². The van der Waals surface area contributed by atoms with Gasteiger partial charge in [-0.25, -0.2) is 14.2 Å². The zero-order valence-corrected chi connectivity index (χ0v) is 15.5. The molecule has 0 spiro atoms. The highest BCUT2D eigenvalue weighted by Crippen LogP contribution is 2.29. The number of pyridine rings is 1. The topological polar surface area (TPSA) is 73.6 Å². The second kappa shape index (κ2) is 7.44. The number of methoxy groups -OCH3 is 1. The van der Waals surface area contributed by atoms with Crippen molar-refractivity contribution >= 4 is 22.7 Å². The maximum Gasteiger partial charge on any atom is 0.206 e. The molecule has 1 aliphatic rings. The van der Waals surface area contributed by atoms with Crippen LogP contribution in [0.3, 0.4) is 0 Å². The summed E-state index contributed by atoms with van der Waals surface area (Å²) in [5.74, 6) is 1.46. The van der Waals surface area contributed by atoms with Crippen LogP contribution in [0.25, 0.3) is 15.9 Å². The summed E-state index contributed by atoms with van der Waals surface area (Å²) in [5.41, 5.74) is 9.01. The standard InChI is InChI=1S/C20H21FN6O/c1-23-13-3-4-14(24-10-13)11-27-19-6-5-15(28-2)9-18(19)25-20(27)26-8-7-16(21)17(22)12-26/h3-6,9-10,16-17H,7-8,11-12,22H2,2H3/t16-,17-/m1/s1. The first-order valence-corrected chi connectivity index (χ1v) is 9.10. The van der Waals surface area contributed by atoms with E-state index in [0.717, 1.165) is 28.4 Å². The van der Waals surface area contributed by atoms with Gasteiger partial charge in [-0.15, -0.1) is 0 Å². The highest BCUT2D eigenvalue weighted by Gasteiger charge is 2.29. The van der Waals surface area contributed by atoms with Crippen molar-refractivity contribution < 1.29 is 9.13 Å². The molecule has 0 radical (unpaired) electrons. The van der Waals surface area contributed by atoms with Crippen LogP contribution in [0.5, 0.6) is 5.75 Å². The van der Waals surface area contributed by atoms with Crippen molar-refractivity contribution in [2.45, 2.75) is 25.2 Å². The van der Waals surface area contributed by atoms with Crippen LogP contribution < -0.4 is 15.4 Å². The molecule has 2 N–H and O–H groups in total. The summed E-state index contributed by atoms with van der Waals surface area (Å²) < 4.78 is 21.2. The number of fused-ring (bicyclic) bond motifs is 1. The SMILES string of the molecule is [C-]#[N+]c1ccc(Cn2c(N3CC[C@@H](F)[C@H](N)C3)nc3cc(OC)ccc32)nc1. The molecular weight excluding hydrogens is 359 g/mol. The molecular formula is C20H21FN6O. The molecule has 0 amide bonds. The highest BCUT2D eigenvalue weighted by atomic mass is 19.1. The zero-order chi connectivity index (χ0) is 19.7. The molecule has 0 saturated carbocycles. The Morgan fingerprint density at radius 3 is 2.89 bits per heavy atom. The van der Waals surface area contributed by atoms with E-state index < -0.39 is 12.2 Å². The molecule has 0 unspecified atom stereocenters. The first kappa shape index (κ1) is 18.2. The van der Waals surface area contributed by atoms with Gasteiger partial charge in [0.15, 0.2) is 0 Å². The van der Waals surface area contributed by atoms with Gasteiger partial charge in [0.1, 0.15) is 11.9 Å². The molecule has 1 saturated heterocycles. The third-order valence-electron chi connectivity index (χ3n) is 5.05. The van der Waals surface area contributed by atoms with Crippen molar-refractivity contribution in [3.05, 3.63) is 53.6 Å². The van der Waals surface area contributed by atoms with E-state index in [9.17, 15) is 4.39 Å². The Morgan fingerprint density at radius 1 is 1.36 bits per heavy atom. The molecule has 0 bridgehead atoms. The summed E-state index contributed by atoms with van der Waals surface area (Å²) in [6, 6.07) is 8.78. The van der Waals surface area contributed by atoms with E-state index in [2.05, 4.69) is 14.4 Å². The molecule has 1 aromatic carbocycles. The van der Waals surface area contributed by atoms with E-state index in [0.29, 0.717) is 31.7 Å². The highest BCUT2D eigenvalue weighted by molar-refractivity contribution is 5.80. The number of hydrogen-bond acceptors (Lipinski definition) is 5. The molecule has 28 heavy (non-hydrogen) atoms. The summed E-state index contributed by atoms with van der Waals surface area (Å²) in [5, 5.41) is 0. The smallest absolute Gasteiger partial charge is 0.206 e. The van der Waals surface area contributed by atoms with Gasteiger partial charge in [-0.05, 0) is 24.6 Å². The predicted octanol–water partition coefficient (Wildman–Crippen LogP) is 2.91. The van der Waals surface area contributed by atoms with Gasteiger partial charge in [-0.3, -0.25) is 4.98 Å². The van der Waals surface area contributed by atoms with Gasteiger partial charge >= 0.3 is 0 Å². The van der Waals surface area contributed by atoms with Crippen LogP contribution in [0, 0.1) is 6.57 Å². The maximum atomic E-state index is 13.9. The van der Waals surface area contributed by atoms with Crippen LogP contribution in [0.1, 0.15) is 12.1 Å². The van der Waals surface area contributed by atoms with Crippen molar-refractivity contribution in [2.24, 2.45) is 5.73 Å². The summed E-state index contributed by atoms with van der Waals surface area (Å²) in [6.45, 7) is 8.52. The summed E-state index contributed by atoms with van der Waals surface area (Å²) in [7, 11) is 1.62. The van der Waals surface area contributed by atoms with Crippen molar-refractivity contribution in [3.8, 4) is 5.75 Å². The van der Waals surface area contributed by atoms with E-state index >= 15 is 0 Å². The first-order chi connectivity index (χ1) is 13.6. The fourth-order valence-corrected chi connectivity index (χ4v) is 3.49. The largest absolute Gasteiger partial charge is 0.497 e. The van der Waals surface area contributed by atoms with Crippen LogP contribution in [-0.4, -0.2) is 46.9 Å². The number of benzene rings is 1. The maximum absolute atomic E-state index is 13.9. The fourth-order valence-electron chi connectivity index (χ4n) is 3.49. The van der Waals surface area contributed by atoms with Gasteiger partial charge in [-0.1, -0.05) is 6.07 Å². The number of imidazole rings is 1. The normalized spacial score (nSPS) is 19.6. The van der Waals surface area contributed by atoms with Gasteiger partial charge in [-0.2, -0.15) is 0 Å². The predicted molar refractivity (Wildman–Crippen MR) is 106 cm³/mol. The number of aromatic nitrogens is 3. The number of hydrogen-bond donors (Lipinski definition) is 1. The molecule has 3 aromatic rings. The lowest BCUT2D eigenvalue weighted by Crippen LogP contribution is -2.50. The van der Waals surface area contributed by atoms with Crippen molar-refractivity contribution in [2.75, 3.05) is 25.1 Å². The lowest BCUT2D eigenvalue weighted by Gasteiger charge is -2.34. The van der Waals surface area contributed by atoms with Gasteiger partial charge < -0.3 is 19.9 Å². The fraction of sp³-hybridized carbons (Fsp3) is 0.350. The van der Waals surface area contributed by atoms with Crippen LogP contribution in [0.2, 0.25) is 0 Å². The minimum absolute atomic E-state index is 0.381. The van der Waals surface area contributed by atoms with Gasteiger partial charge in [0.05, 0.1) is 43.0 Å². The second-order valence-corrected chi connectivity index (χ2v) is 6.89. The van der Waals surface area contributed by atoms with Gasteiger partial charge in [0.25, 0.3) is 0 Å². The molecule has 4 rings (SSSR count). The Balaban J connectivity index is 1.76. The van der Waals surface area contributed by atoms with Crippen molar-refractivity contribution in [1.29, 1.82) is 0 Å². The third kappa shape index (κ3) is 3.37. The number of halogens is 1. The molecule has 3 heterocycles. The van der Waals surface area contributed by atoms with Crippen molar-refractivity contribution in [3.63, 3.8) is 0 Å². The van der Waals surface area contributed by atoms with Crippen LogP contribution in [0.15, 0.2) is 36.5 Å². The number of anilines is 1. The van der Waals surface area contributed by atoms with Crippen LogP contribution in [-0.2, 0) is 6.54 Å². The monoisotopic (exact) mass is 380 g/mol. The molecule has 2 atom stereocenters. The Bertz CT molecular complexity index is 1030. The van der Waals surface area contributed by atoms with Crippen molar-refractivity contribution in [1.82, 2.24) is 14.5 Å². The average Bonchev–Trinajstić information content (AvgIpc) is 3.08. The van der Waals surface area contributed by atoms with E-state index in [1.54, 1.807) is 19.4 Å². The van der Waals surface area contributed by atoms with Crippen LogP contribution >= 0.6 is 0 Å². The van der Waals surface area contributed by atoms with Gasteiger partial charge in [0, 0.05) is 25.4 Å². The summed E-state index contributed by atoms with van der Waals surface area (Å²) >= 11 is 0. The Labute approximate surface area is 162 Å². The first-order valence-electron chi connectivity index (χ1n) is 9.10. The number of alkyl halides is 1. The molecule has 8 heteroatoms. The number of nitrogens with two attached hydrogens (primary N) is 1. The molecule has 2 aromatic heterocycles. The molecule has 7 nitrogen and oxygen atoms in total. The van der Waals surface area contributed by atoms with E-state index in [1.165, 1.54) is 0 Å².